The maximum absolute atomic E-state index is 5.58. The summed E-state index contributed by atoms with van der Waals surface area (Å²) in [5.41, 5.74) is 3.06. The van der Waals surface area contributed by atoms with Crippen LogP contribution < -0.4 is 5.32 Å². The lowest BCUT2D eigenvalue weighted by molar-refractivity contribution is 0.469. The number of allylic oxidation sites excluding steroid dienone is 1. The zero-order valence-corrected chi connectivity index (χ0v) is 14.7. The number of unbranched alkanes of at least 4 members (excludes halogenated alkanes) is 1. The standard InChI is InChI=1S/C19H26N4O/c1-5-6-7-12-23(4)19(20-3)21-13-17-14-24-18(22-17)16-10-8-15(2)9-11-16/h5,8-11,14H,1,6-7,12-13H2,2-4H3,(H,20,21). The zero-order valence-electron chi connectivity index (χ0n) is 14.7. The van der Waals surface area contributed by atoms with Crippen LogP contribution >= 0.6 is 0 Å². The molecule has 128 valence electrons. The highest BCUT2D eigenvalue weighted by atomic mass is 16.3. The van der Waals surface area contributed by atoms with E-state index in [9.17, 15) is 0 Å². The maximum Gasteiger partial charge on any atom is 0.226 e. The lowest BCUT2D eigenvalue weighted by atomic mass is 10.1. The Bertz CT molecular complexity index is 673. The van der Waals surface area contributed by atoms with Crippen molar-refractivity contribution in [2.24, 2.45) is 4.99 Å². The molecule has 24 heavy (non-hydrogen) atoms. The number of guanidine groups is 1. The second-order valence-corrected chi connectivity index (χ2v) is 5.76. The van der Waals surface area contributed by atoms with E-state index in [2.05, 4.69) is 45.8 Å². The molecular formula is C19H26N4O. The molecule has 1 heterocycles. The summed E-state index contributed by atoms with van der Waals surface area (Å²) in [6, 6.07) is 8.14. The van der Waals surface area contributed by atoms with E-state index in [0.717, 1.165) is 36.6 Å². The Morgan fingerprint density at radius 1 is 1.38 bits per heavy atom. The minimum atomic E-state index is 0.577. The summed E-state index contributed by atoms with van der Waals surface area (Å²) in [6.07, 6.45) is 5.69. The third-order valence-corrected chi connectivity index (χ3v) is 3.75. The van der Waals surface area contributed by atoms with Gasteiger partial charge in [-0.2, -0.15) is 0 Å². The van der Waals surface area contributed by atoms with E-state index in [4.69, 9.17) is 4.42 Å². The third kappa shape index (κ3) is 4.98. The molecular weight excluding hydrogens is 300 g/mol. The second kappa shape index (κ2) is 8.91. The SMILES string of the molecule is C=CCCCN(C)C(=NC)NCc1coc(-c2ccc(C)cc2)n1. The molecule has 0 radical (unpaired) electrons. The lowest BCUT2D eigenvalue weighted by Crippen LogP contribution is -2.39. The molecule has 2 rings (SSSR count). The van der Waals surface area contributed by atoms with Crippen LogP contribution in [0.15, 0.2) is 52.6 Å². The van der Waals surface area contributed by atoms with Gasteiger partial charge in [0.05, 0.1) is 12.2 Å². The Labute approximate surface area is 144 Å². The summed E-state index contributed by atoms with van der Waals surface area (Å²) in [5, 5.41) is 3.31. The molecule has 1 N–H and O–H groups in total. The first kappa shape index (κ1) is 17.8. The summed E-state index contributed by atoms with van der Waals surface area (Å²) in [6.45, 7) is 7.32. The Morgan fingerprint density at radius 2 is 2.12 bits per heavy atom. The Morgan fingerprint density at radius 3 is 2.79 bits per heavy atom. The fourth-order valence-electron chi connectivity index (χ4n) is 2.35. The summed E-state index contributed by atoms with van der Waals surface area (Å²) < 4.78 is 5.58. The third-order valence-electron chi connectivity index (χ3n) is 3.75. The monoisotopic (exact) mass is 326 g/mol. The van der Waals surface area contributed by atoms with E-state index in [1.54, 1.807) is 13.3 Å². The van der Waals surface area contributed by atoms with Gasteiger partial charge in [-0.3, -0.25) is 4.99 Å². The van der Waals surface area contributed by atoms with Crippen LogP contribution in [0.1, 0.15) is 24.1 Å². The molecule has 1 aromatic heterocycles. The first-order valence-electron chi connectivity index (χ1n) is 8.18. The number of nitrogens with zero attached hydrogens (tertiary/aromatic N) is 3. The number of nitrogens with one attached hydrogen (secondary N) is 1. The number of aryl methyl sites for hydroxylation is 1. The van der Waals surface area contributed by atoms with Crippen LogP contribution in [0.4, 0.5) is 0 Å². The van der Waals surface area contributed by atoms with E-state index in [-0.39, 0.29) is 0 Å². The lowest BCUT2D eigenvalue weighted by Gasteiger charge is -2.21. The van der Waals surface area contributed by atoms with Gasteiger partial charge < -0.3 is 14.6 Å². The predicted molar refractivity (Wildman–Crippen MR) is 98.9 cm³/mol. The Balaban J connectivity index is 1.91. The molecule has 0 aliphatic carbocycles. The van der Waals surface area contributed by atoms with Crippen LogP contribution in [-0.4, -0.2) is 36.5 Å². The summed E-state index contributed by atoms with van der Waals surface area (Å²) in [7, 11) is 3.81. The van der Waals surface area contributed by atoms with Gasteiger partial charge in [0.1, 0.15) is 6.26 Å². The van der Waals surface area contributed by atoms with Crippen LogP contribution in [0, 0.1) is 6.92 Å². The molecule has 0 bridgehead atoms. The molecule has 0 fully saturated rings. The largest absolute Gasteiger partial charge is 0.444 e. The fourth-order valence-corrected chi connectivity index (χ4v) is 2.35. The van der Waals surface area contributed by atoms with Crippen molar-refractivity contribution in [2.75, 3.05) is 20.6 Å². The Hall–Kier alpha value is -2.56. The minimum absolute atomic E-state index is 0.577. The van der Waals surface area contributed by atoms with Gasteiger partial charge in [-0.05, 0) is 31.9 Å². The van der Waals surface area contributed by atoms with Crippen molar-refractivity contribution in [1.29, 1.82) is 0 Å². The topological polar surface area (TPSA) is 53.7 Å². The molecule has 0 atom stereocenters. The predicted octanol–water partition coefficient (Wildman–Crippen LogP) is 3.62. The summed E-state index contributed by atoms with van der Waals surface area (Å²) in [4.78, 5) is 10.9. The van der Waals surface area contributed by atoms with E-state index < -0.39 is 0 Å². The maximum atomic E-state index is 5.58. The molecule has 5 nitrogen and oxygen atoms in total. The van der Waals surface area contributed by atoms with Crippen molar-refractivity contribution in [1.82, 2.24) is 15.2 Å². The number of oxazole rings is 1. The molecule has 0 aliphatic rings. The van der Waals surface area contributed by atoms with Gasteiger partial charge in [0.2, 0.25) is 5.89 Å². The van der Waals surface area contributed by atoms with Gasteiger partial charge in [0, 0.05) is 26.2 Å². The van der Waals surface area contributed by atoms with Crippen LogP contribution in [0.2, 0.25) is 0 Å². The molecule has 0 saturated carbocycles. The van der Waals surface area contributed by atoms with Crippen LogP contribution in [0.3, 0.4) is 0 Å². The van der Waals surface area contributed by atoms with Crippen molar-refractivity contribution in [3.8, 4) is 11.5 Å². The van der Waals surface area contributed by atoms with E-state index in [1.165, 1.54) is 5.56 Å². The summed E-state index contributed by atoms with van der Waals surface area (Å²) in [5.74, 6) is 1.49. The van der Waals surface area contributed by atoms with Crippen LogP contribution in [-0.2, 0) is 6.54 Å². The average Bonchev–Trinajstić information content (AvgIpc) is 3.05. The molecule has 0 amide bonds. The van der Waals surface area contributed by atoms with Gasteiger partial charge in [-0.1, -0.05) is 23.8 Å². The molecule has 1 aromatic carbocycles. The average molecular weight is 326 g/mol. The van der Waals surface area contributed by atoms with Crippen molar-refractivity contribution in [3.63, 3.8) is 0 Å². The smallest absolute Gasteiger partial charge is 0.226 e. The van der Waals surface area contributed by atoms with E-state index in [0.29, 0.717) is 12.4 Å². The first-order valence-corrected chi connectivity index (χ1v) is 8.18. The van der Waals surface area contributed by atoms with Gasteiger partial charge in [0.25, 0.3) is 0 Å². The molecule has 0 saturated heterocycles. The highest BCUT2D eigenvalue weighted by Gasteiger charge is 2.09. The molecule has 5 heteroatoms. The van der Waals surface area contributed by atoms with Gasteiger partial charge in [0.15, 0.2) is 5.96 Å². The molecule has 0 unspecified atom stereocenters. The van der Waals surface area contributed by atoms with Crippen molar-refractivity contribution >= 4 is 5.96 Å². The fraction of sp³-hybridized carbons (Fsp3) is 0.368. The van der Waals surface area contributed by atoms with Gasteiger partial charge in [-0.15, -0.1) is 6.58 Å². The number of hydrogen-bond donors (Lipinski definition) is 1. The number of hydrogen-bond acceptors (Lipinski definition) is 3. The van der Waals surface area contributed by atoms with E-state index in [1.807, 2.05) is 25.3 Å². The second-order valence-electron chi connectivity index (χ2n) is 5.76. The number of aromatic nitrogens is 1. The summed E-state index contributed by atoms with van der Waals surface area (Å²) >= 11 is 0. The van der Waals surface area contributed by atoms with Crippen molar-refractivity contribution in [3.05, 3.63) is 54.4 Å². The Kier molecular flexibility index (Phi) is 6.61. The zero-order chi connectivity index (χ0) is 17.4. The van der Waals surface area contributed by atoms with Gasteiger partial charge >= 0.3 is 0 Å². The van der Waals surface area contributed by atoms with Crippen LogP contribution in [0.5, 0.6) is 0 Å². The minimum Gasteiger partial charge on any atom is -0.444 e. The van der Waals surface area contributed by atoms with Gasteiger partial charge in [-0.25, -0.2) is 4.98 Å². The van der Waals surface area contributed by atoms with Crippen molar-refractivity contribution < 1.29 is 4.42 Å². The molecule has 0 spiro atoms. The van der Waals surface area contributed by atoms with Crippen molar-refractivity contribution in [2.45, 2.75) is 26.3 Å². The van der Waals surface area contributed by atoms with E-state index >= 15 is 0 Å². The number of benzene rings is 1. The number of rotatable bonds is 7. The quantitative estimate of drug-likeness (QED) is 0.365. The molecule has 2 aromatic rings. The molecule has 0 aliphatic heterocycles. The highest BCUT2D eigenvalue weighted by molar-refractivity contribution is 5.79. The normalized spacial score (nSPS) is 11.4. The highest BCUT2D eigenvalue weighted by Crippen LogP contribution is 2.19. The number of aliphatic imine (C=N–C) groups is 1. The first-order chi connectivity index (χ1) is 11.6. The van der Waals surface area contributed by atoms with Crippen LogP contribution in [0.25, 0.3) is 11.5 Å².